The summed E-state index contributed by atoms with van der Waals surface area (Å²) < 4.78 is 3.09. The highest BCUT2D eigenvalue weighted by molar-refractivity contribution is 7.22. The van der Waals surface area contributed by atoms with Crippen LogP contribution in [0, 0.1) is 0 Å². The highest BCUT2D eigenvalue weighted by atomic mass is 32.1. The molecular weight excluding hydrogens is 336 g/mol. The Morgan fingerprint density at radius 3 is 2.92 bits per heavy atom. The van der Waals surface area contributed by atoms with Crippen LogP contribution in [0.3, 0.4) is 0 Å². The molecular formula is C16H16N8S. The van der Waals surface area contributed by atoms with Crippen molar-refractivity contribution in [3.63, 3.8) is 0 Å². The molecule has 0 N–H and O–H groups in total. The summed E-state index contributed by atoms with van der Waals surface area (Å²) in [5, 5.41) is 9.27. The third-order valence-corrected chi connectivity index (χ3v) is 5.54. The van der Waals surface area contributed by atoms with Crippen LogP contribution in [0.1, 0.15) is 6.42 Å². The van der Waals surface area contributed by atoms with E-state index in [1.165, 1.54) is 4.70 Å². The second-order valence-electron chi connectivity index (χ2n) is 5.98. The molecule has 0 atom stereocenters. The highest BCUT2D eigenvalue weighted by Gasteiger charge is 2.21. The number of anilines is 2. The van der Waals surface area contributed by atoms with Crippen LogP contribution in [-0.4, -0.2) is 55.7 Å². The largest absolute Gasteiger partial charge is 0.352 e. The molecule has 9 heteroatoms. The third kappa shape index (κ3) is 2.56. The molecule has 0 aromatic carbocycles. The first-order valence-corrected chi connectivity index (χ1v) is 9.05. The second kappa shape index (κ2) is 5.92. The van der Waals surface area contributed by atoms with Crippen LogP contribution < -0.4 is 9.80 Å². The van der Waals surface area contributed by atoms with Crippen molar-refractivity contribution in [1.29, 1.82) is 0 Å². The Bertz CT molecular complexity index is 992. The van der Waals surface area contributed by atoms with Gasteiger partial charge in [0.15, 0.2) is 10.9 Å². The first-order chi connectivity index (χ1) is 12.4. The summed E-state index contributed by atoms with van der Waals surface area (Å²) in [5.74, 6) is 0.898. The van der Waals surface area contributed by atoms with Gasteiger partial charge < -0.3 is 9.80 Å². The van der Waals surface area contributed by atoms with Crippen LogP contribution in [0.15, 0.2) is 37.2 Å². The van der Waals surface area contributed by atoms with Crippen molar-refractivity contribution in [3.8, 4) is 0 Å². The predicted octanol–water partition coefficient (Wildman–Crippen LogP) is 1.85. The minimum Gasteiger partial charge on any atom is -0.352 e. The Hall–Kier alpha value is -2.81. The van der Waals surface area contributed by atoms with E-state index in [-0.39, 0.29) is 0 Å². The molecule has 4 aromatic heterocycles. The van der Waals surface area contributed by atoms with Crippen LogP contribution in [-0.2, 0) is 0 Å². The zero-order chi connectivity index (χ0) is 16.6. The van der Waals surface area contributed by atoms with Gasteiger partial charge in [-0.05, 0) is 12.5 Å². The van der Waals surface area contributed by atoms with Gasteiger partial charge in [-0.15, -0.1) is 10.2 Å². The molecule has 0 unspecified atom stereocenters. The number of hydrogen-bond acceptors (Lipinski definition) is 8. The van der Waals surface area contributed by atoms with Crippen molar-refractivity contribution in [1.82, 2.24) is 29.5 Å². The molecule has 0 aliphatic carbocycles. The Labute approximate surface area is 147 Å². The maximum Gasteiger partial charge on any atom is 0.203 e. The lowest BCUT2D eigenvalue weighted by atomic mass is 10.4. The lowest BCUT2D eigenvalue weighted by Gasteiger charge is -2.22. The average Bonchev–Trinajstić information content (AvgIpc) is 3.22. The average molecular weight is 352 g/mol. The van der Waals surface area contributed by atoms with E-state index in [1.54, 1.807) is 23.9 Å². The van der Waals surface area contributed by atoms with E-state index in [0.29, 0.717) is 0 Å². The molecule has 4 aromatic rings. The lowest BCUT2D eigenvalue weighted by Crippen LogP contribution is -2.31. The quantitative estimate of drug-likeness (QED) is 0.545. The number of hydrogen-bond donors (Lipinski definition) is 0. The first-order valence-electron chi connectivity index (χ1n) is 8.23. The Morgan fingerprint density at radius 2 is 1.96 bits per heavy atom. The minimum atomic E-state index is 0.807. The van der Waals surface area contributed by atoms with Crippen LogP contribution >= 0.6 is 11.3 Å². The smallest absolute Gasteiger partial charge is 0.203 e. The molecule has 5 heterocycles. The van der Waals surface area contributed by atoms with Crippen LogP contribution in [0.2, 0.25) is 0 Å². The second-order valence-corrected chi connectivity index (χ2v) is 6.99. The molecule has 1 fully saturated rings. The van der Waals surface area contributed by atoms with Gasteiger partial charge in [0, 0.05) is 44.8 Å². The van der Waals surface area contributed by atoms with E-state index >= 15 is 0 Å². The summed E-state index contributed by atoms with van der Waals surface area (Å²) in [6.07, 6.45) is 10.1. The lowest BCUT2D eigenvalue weighted by molar-refractivity contribution is 0.796. The molecule has 25 heavy (non-hydrogen) atoms. The molecule has 8 nitrogen and oxygen atoms in total. The summed E-state index contributed by atoms with van der Waals surface area (Å²) in [7, 11) is 0. The Balaban J connectivity index is 1.40. The van der Waals surface area contributed by atoms with Gasteiger partial charge in [-0.1, -0.05) is 11.3 Å². The molecule has 0 radical (unpaired) electrons. The van der Waals surface area contributed by atoms with Gasteiger partial charge in [0.1, 0.15) is 11.8 Å². The van der Waals surface area contributed by atoms with Gasteiger partial charge in [-0.3, -0.25) is 9.38 Å². The molecule has 126 valence electrons. The standard InChI is InChI=1S/C16H16N8S/c1-5-22(14-15-21-19-11-24(15)7-4-18-14)8-9-23(6-1)16-20-12-10-17-3-2-13(12)25-16/h2-4,7,10-11H,1,5-6,8-9H2. The van der Waals surface area contributed by atoms with Crippen molar-refractivity contribution in [3.05, 3.63) is 37.2 Å². The van der Waals surface area contributed by atoms with Crippen LogP contribution in [0.5, 0.6) is 0 Å². The van der Waals surface area contributed by atoms with Crippen molar-refractivity contribution in [2.24, 2.45) is 0 Å². The van der Waals surface area contributed by atoms with Gasteiger partial charge in [0.05, 0.1) is 10.9 Å². The van der Waals surface area contributed by atoms with E-state index < -0.39 is 0 Å². The Kier molecular flexibility index (Phi) is 3.44. The van der Waals surface area contributed by atoms with E-state index in [2.05, 4.69) is 30.0 Å². The highest BCUT2D eigenvalue weighted by Crippen LogP contribution is 2.29. The van der Waals surface area contributed by atoms with E-state index in [4.69, 9.17) is 4.98 Å². The molecule has 0 spiro atoms. The number of rotatable bonds is 2. The van der Waals surface area contributed by atoms with Gasteiger partial charge in [0.25, 0.3) is 0 Å². The van der Waals surface area contributed by atoms with E-state index in [9.17, 15) is 0 Å². The summed E-state index contributed by atoms with van der Waals surface area (Å²) in [6.45, 7) is 3.72. The summed E-state index contributed by atoms with van der Waals surface area (Å²) in [5.41, 5.74) is 1.78. The number of aromatic nitrogens is 6. The fourth-order valence-corrected chi connectivity index (χ4v) is 4.18. The molecule has 0 amide bonds. The SMILES string of the molecule is c1cc2sc(N3CCCN(c4nccn5cnnc45)CC3)nc2cn1. The van der Waals surface area contributed by atoms with E-state index in [0.717, 1.165) is 54.7 Å². The molecule has 1 aliphatic rings. The molecule has 5 rings (SSSR count). The van der Waals surface area contributed by atoms with Crippen molar-refractivity contribution >= 4 is 38.2 Å². The van der Waals surface area contributed by atoms with Crippen LogP contribution in [0.25, 0.3) is 15.9 Å². The fourth-order valence-electron chi connectivity index (χ4n) is 3.19. The molecule has 0 saturated carbocycles. The zero-order valence-electron chi connectivity index (χ0n) is 13.5. The third-order valence-electron chi connectivity index (χ3n) is 4.44. The normalized spacial score (nSPS) is 15.8. The van der Waals surface area contributed by atoms with Crippen molar-refractivity contribution in [2.45, 2.75) is 6.42 Å². The summed E-state index contributed by atoms with van der Waals surface area (Å²) >= 11 is 1.73. The summed E-state index contributed by atoms with van der Waals surface area (Å²) in [4.78, 5) is 18.1. The summed E-state index contributed by atoms with van der Waals surface area (Å²) in [6, 6.07) is 2.02. The van der Waals surface area contributed by atoms with Gasteiger partial charge >= 0.3 is 0 Å². The molecule has 1 saturated heterocycles. The van der Waals surface area contributed by atoms with Crippen molar-refractivity contribution in [2.75, 3.05) is 36.0 Å². The van der Waals surface area contributed by atoms with Gasteiger partial charge in [-0.2, -0.15) is 0 Å². The number of fused-ring (bicyclic) bond motifs is 2. The zero-order valence-corrected chi connectivity index (χ0v) is 14.3. The fraction of sp³-hybridized carbons (Fsp3) is 0.312. The predicted molar refractivity (Wildman–Crippen MR) is 97.2 cm³/mol. The monoisotopic (exact) mass is 352 g/mol. The van der Waals surface area contributed by atoms with Gasteiger partial charge in [-0.25, -0.2) is 9.97 Å². The Morgan fingerprint density at radius 1 is 1.04 bits per heavy atom. The first kappa shape index (κ1) is 14.5. The van der Waals surface area contributed by atoms with Gasteiger partial charge in [0.2, 0.25) is 5.65 Å². The maximum absolute atomic E-state index is 4.74. The maximum atomic E-state index is 4.74. The number of thiazole rings is 1. The number of pyridine rings is 1. The number of nitrogens with zero attached hydrogens (tertiary/aromatic N) is 8. The van der Waals surface area contributed by atoms with Crippen LogP contribution in [0.4, 0.5) is 10.9 Å². The molecule has 1 aliphatic heterocycles. The van der Waals surface area contributed by atoms with Crippen molar-refractivity contribution < 1.29 is 0 Å². The van der Waals surface area contributed by atoms with E-state index in [1.807, 2.05) is 29.1 Å². The minimum absolute atomic E-state index is 0.807. The molecule has 0 bridgehead atoms. The topological polar surface area (TPSA) is 75.3 Å².